The predicted octanol–water partition coefficient (Wildman–Crippen LogP) is 2.78. The Bertz CT molecular complexity index is 995. The highest BCUT2D eigenvalue weighted by molar-refractivity contribution is 6.33. The van der Waals surface area contributed by atoms with Gasteiger partial charge in [0, 0.05) is 48.5 Å². The van der Waals surface area contributed by atoms with E-state index in [4.69, 9.17) is 11.6 Å². The van der Waals surface area contributed by atoms with Gasteiger partial charge in [-0.25, -0.2) is 4.98 Å². The average Bonchev–Trinajstić information content (AvgIpc) is 2.68. The number of piperazine rings is 1. The van der Waals surface area contributed by atoms with Crippen molar-refractivity contribution in [2.75, 3.05) is 37.6 Å². The molecule has 1 N–H and O–H groups in total. The third kappa shape index (κ3) is 3.06. The van der Waals surface area contributed by atoms with E-state index in [1.807, 2.05) is 24.3 Å². The van der Waals surface area contributed by atoms with Gasteiger partial charge in [-0.15, -0.1) is 0 Å². The van der Waals surface area contributed by atoms with E-state index in [0.29, 0.717) is 22.0 Å². The van der Waals surface area contributed by atoms with Gasteiger partial charge in [-0.05, 0) is 18.7 Å². The fraction of sp³-hybridized carbons (Fsp3) is 0.316. The molecule has 1 fully saturated rings. The van der Waals surface area contributed by atoms with Crippen molar-refractivity contribution in [2.45, 2.75) is 6.92 Å². The summed E-state index contributed by atoms with van der Waals surface area (Å²) < 4.78 is 0. The molecule has 6 nitrogen and oxygen atoms in total. The number of nitrogens with zero attached hydrogens (tertiary/aromatic N) is 4. The summed E-state index contributed by atoms with van der Waals surface area (Å²) >= 11 is 6.33. The Morgan fingerprint density at radius 1 is 1.12 bits per heavy atom. The predicted molar refractivity (Wildman–Crippen MR) is 105 cm³/mol. The number of rotatable bonds is 3. The molecule has 0 amide bonds. The van der Waals surface area contributed by atoms with Crippen LogP contribution in [0.2, 0.25) is 5.02 Å². The summed E-state index contributed by atoms with van der Waals surface area (Å²) in [4.78, 5) is 29.2. The Balaban J connectivity index is 1.78. The molecule has 0 atom stereocenters. The molecule has 4 rings (SSSR count). The van der Waals surface area contributed by atoms with Crippen molar-refractivity contribution in [2.24, 2.45) is 0 Å². The minimum Gasteiger partial charge on any atom is -0.340 e. The minimum absolute atomic E-state index is 0.189. The number of aromatic amines is 1. The molecule has 3 aromatic rings. The largest absolute Gasteiger partial charge is 0.340 e. The number of nitrogens with one attached hydrogen (secondary N) is 1. The highest BCUT2D eigenvalue weighted by atomic mass is 35.5. The molecule has 134 valence electrons. The van der Waals surface area contributed by atoms with E-state index in [-0.39, 0.29) is 5.56 Å². The van der Waals surface area contributed by atoms with Crippen LogP contribution < -0.4 is 10.5 Å². The second-order valence-electron chi connectivity index (χ2n) is 6.35. The molecule has 0 spiro atoms. The number of hydrogen-bond donors (Lipinski definition) is 1. The van der Waals surface area contributed by atoms with E-state index in [1.54, 1.807) is 12.3 Å². The second kappa shape index (κ2) is 7.05. The average molecular weight is 370 g/mol. The van der Waals surface area contributed by atoms with Crippen LogP contribution in [-0.2, 0) is 0 Å². The zero-order valence-electron chi connectivity index (χ0n) is 14.6. The number of pyridine rings is 1. The van der Waals surface area contributed by atoms with Gasteiger partial charge in [0.05, 0.1) is 5.39 Å². The maximum Gasteiger partial charge on any atom is 0.262 e. The Hall–Kier alpha value is -2.44. The second-order valence-corrected chi connectivity index (χ2v) is 6.76. The molecule has 1 aromatic carbocycles. The van der Waals surface area contributed by atoms with Gasteiger partial charge in [-0.1, -0.05) is 36.7 Å². The SMILES string of the molecule is CCN1CCN(c2nc3nccc(-c4ccccc4Cl)c3c(=O)[nH]2)CC1. The van der Waals surface area contributed by atoms with Crippen molar-refractivity contribution in [1.29, 1.82) is 0 Å². The lowest BCUT2D eigenvalue weighted by molar-refractivity contribution is 0.270. The van der Waals surface area contributed by atoms with Gasteiger partial charge < -0.3 is 9.80 Å². The number of likely N-dealkylation sites (N-methyl/N-ethyl adjacent to an activating group) is 1. The highest BCUT2D eigenvalue weighted by Crippen LogP contribution is 2.30. The lowest BCUT2D eigenvalue weighted by Gasteiger charge is -2.34. The Morgan fingerprint density at radius 3 is 2.62 bits per heavy atom. The normalized spacial score (nSPS) is 15.5. The number of fused-ring (bicyclic) bond motifs is 1. The molecule has 0 radical (unpaired) electrons. The molecular weight excluding hydrogens is 350 g/mol. The minimum atomic E-state index is -0.189. The number of aromatic nitrogens is 3. The van der Waals surface area contributed by atoms with Crippen LogP contribution in [0.15, 0.2) is 41.3 Å². The summed E-state index contributed by atoms with van der Waals surface area (Å²) in [6.07, 6.45) is 1.67. The molecule has 0 unspecified atom stereocenters. The Morgan fingerprint density at radius 2 is 1.88 bits per heavy atom. The third-order valence-corrected chi connectivity index (χ3v) is 5.21. The number of H-pyrrole nitrogens is 1. The molecule has 2 aromatic heterocycles. The van der Waals surface area contributed by atoms with E-state index >= 15 is 0 Å². The van der Waals surface area contributed by atoms with Crippen LogP contribution in [0.3, 0.4) is 0 Å². The Labute approximate surface area is 156 Å². The van der Waals surface area contributed by atoms with Gasteiger partial charge in [0.1, 0.15) is 0 Å². The lowest BCUT2D eigenvalue weighted by atomic mass is 10.0. The summed E-state index contributed by atoms with van der Waals surface area (Å²) in [6, 6.07) is 9.28. The van der Waals surface area contributed by atoms with Crippen molar-refractivity contribution in [3.63, 3.8) is 0 Å². The first kappa shape index (κ1) is 17.0. The van der Waals surface area contributed by atoms with E-state index in [2.05, 4.69) is 31.7 Å². The van der Waals surface area contributed by atoms with Gasteiger partial charge in [-0.2, -0.15) is 4.98 Å². The van der Waals surface area contributed by atoms with Gasteiger partial charge in [0.25, 0.3) is 5.56 Å². The summed E-state index contributed by atoms with van der Waals surface area (Å²) in [5.74, 6) is 0.585. The topological polar surface area (TPSA) is 65.1 Å². The van der Waals surface area contributed by atoms with Crippen LogP contribution in [0, 0.1) is 0 Å². The molecule has 0 saturated carbocycles. The van der Waals surface area contributed by atoms with Crippen molar-refractivity contribution >= 4 is 28.6 Å². The van der Waals surface area contributed by atoms with Crippen molar-refractivity contribution < 1.29 is 0 Å². The molecule has 0 bridgehead atoms. The molecule has 1 aliphatic rings. The first-order valence-electron chi connectivity index (χ1n) is 8.78. The first-order chi connectivity index (χ1) is 12.7. The number of halogens is 1. The maximum atomic E-state index is 12.9. The summed E-state index contributed by atoms with van der Waals surface area (Å²) in [6.45, 7) is 6.81. The fourth-order valence-corrected chi connectivity index (χ4v) is 3.62. The van der Waals surface area contributed by atoms with Gasteiger partial charge in [0.15, 0.2) is 5.65 Å². The molecule has 0 aliphatic carbocycles. The summed E-state index contributed by atoms with van der Waals surface area (Å²) in [5, 5.41) is 1.07. The number of benzene rings is 1. The van der Waals surface area contributed by atoms with E-state index in [9.17, 15) is 4.79 Å². The molecular formula is C19H20ClN5O. The number of anilines is 1. The molecule has 3 heterocycles. The van der Waals surface area contributed by atoms with Crippen LogP contribution in [0.4, 0.5) is 5.95 Å². The summed E-state index contributed by atoms with van der Waals surface area (Å²) in [7, 11) is 0. The molecule has 7 heteroatoms. The quantitative estimate of drug-likeness (QED) is 0.769. The van der Waals surface area contributed by atoms with Crippen molar-refractivity contribution in [3.05, 3.63) is 51.9 Å². The Kier molecular flexibility index (Phi) is 4.61. The first-order valence-corrected chi connectivity index (χ1v) is 9.16. The smallest absolute Gasteiger partial charge is 0.262 e. The van der Waals surface area contributed by atoms with E-state index < -0.39 is 0 Å². The fourth-order valence-electron chi connectivity index (χ4n) is 3.38. The monoisotopic (exact) mass is 369 g/mol. The van der Waals surface area contributed by atoms with Crippen molar-refractivity contribution in [1.82, 2.24) is 19.9 Å². The van der Waals surface area contributed by atoms with Crippen LogP contribution >= 0.6 is 11.6 Å². The zero-order valence-corrected chi connectivity index (χ0v) is 15.3. The highest BCUT2D eigenvalue weighted by Gasteiger charge is 2.20. The van der Waals surface area contributed by atoms with Gasteiger partial charge in [-0.3, -0.25) is 9.78 Å². The third-order valence-electron chi connectivity index (χ3n) is 4.88. The van der Waals surface area contributed by atoms with Crippen molar-refractivity contribution in [3.8, 4) is 11.1 Å². The molecule has 26 heavy (non-hydrogen) atoms. The molecule has 1 saturated heterocycles. The van der Waals surface area contributed by atoms with E-state index in [1.165, 1.54) is 0 Å². The zero-order chi connectivity index (χ0) is 18.1. The standard InChI is InChI=1S/C19H20ClN5O/c1-2-24-9-11-25(12-10-24)19-22-17-16(18(26)23-19)14(7-8-21-17)13-5-3-4-6-15(13)20/h3-8H,2,9-12H2,1H3,(H,21,22,23,26). The van der Waals surface area contributed by atoms with E-state index in [0.717, 1.165) is 43.9 Å². The van der Waals surface area contributed by atoms with Crippen LogP contribution in [0.1, 0.15) is 6.92 Å². The maximum absolute atomic E-state index is 12.9. The van der Waals surface area contributed by atoms with Gasteiger partial charge >= 0.3 is 0 Å². The van der Waals surface area contributed by atoms with Crippen LogP contribution in [0.25, 0.3) is 22.2 Å². The van der Waals surface area contributed by atoms with Gasteiger partial charge in [0.2, 0.25) is 5.95 Å². The summed E-state index contributed by atoms with van der Waals surface area (Å²) in [5.41, 5.74) is 1.81. The van der Waals surface area contributed by atoms with Crippen LogP contribution in [0.5, 0.6) is 0 Å². The lowest BCUT2D eigenvalue weighted by Crippen LogP contribution is -2.47. The molecule has 1 aliphatic heterocycles. The van der Waals surface area contributed by atoms with Crippen LogP contribution in [-0.4, -0.2) is 52.6 Å². The number of hydrogen-bond acceptors (Lipinski definition) is 5.